The molecule has 31 heavy (non-hydrogen) atoms. The number of nitrogens with one attached hydrogen (secondary N) is 2. The number of piperidine rings is 2. The van der Waals surface area contributed by atoms with Crippen molar-refractivity contribution in [1.82, 2.24) is 20.4 Å². The molecule has 0 aromatic rings. The molecule has 2 fully saturated rings. The van der Waals surface area contributed by atoms with Crippen molar-refractivity contribution in [1.29, 1.82) is 0 Å². The fourth-order valence-corrected chi connectivity index (χ4v) is 4.14. The normalized spacial score (nSPS) is 17.2. The molecule has 0 unspecified atom stereocenters. The predicted molar refractivity (Wildman–Crippen MR) is 143 cm³/mol. The van der Waals surface area contributed by atoms with Gasteiger partial charge in [-0.05, 0) is 117 Å². The van der Waals surface area contributed by atoms with Gasteiger partial charge >= 0.3 is 0 Å². The average molecular weight is 441 g/mol. The topological polar surface area (TPSA) is 30.5 Å². The summed E-state index contributed by atoms with van der Waals surface area (Å²) in [5, 5.41) is 6.84. The molecule has 2 N–H and O–H groups in total. The highest BCUT2D eigenvalue weighted by Crippen LogP contribution is 2.16. The Morgan fingerprint density at radius 3 is 1.55 bits per heavy atom. The van der Waals surface area contributed by atoms with E-state index in [1.165, 1.54) is 110 Å². The third-order valence-electron chi connectivity index (χ3n) is 6.19. The Morgan fingerprint density at radius 1 is 0.677 bits per heavy atom. The highest BCUT2D eigenvalue weighted by molar-refractivity contribution is 4.71. The van der Waals surface area contributed by atoms with E-state index < -0.39 is 0 Å². The van der Waals surface area contributed by atoms with Crippen LogP contribution in [-0.2, 0) is 0 Å². The minimum absolute atomic E-state index is 0.947. The maximum atomic E-state index is 3.42. The van der Waals surface area contributed by atoms with E-state index in [9.17, 15) is 0 Å². The lowest BCUT2D eigenvalue weighted by Gasteiger charge is -2.27. The Hall–Kier alpha value is -0.420. The van der Waals surface area contributed by atoms with Gasteiger partial charge in [-0.25, -0.2) is 0 Å². The van der Waals surface area contributed by atoms with E-state index in [0.717, 1.165) is 11.8 Å². The van der Waals surface area contributed by atoms with Gasteiger partial charge in [0.2, 0.25) is 0 Å². The van der Waals surface area contributed by atoms with Crippen LogP contribution in [-0.4, -0.2) is 76.3 Å². The van der Waals surface area contributed by atoms with Crippen LogP contribution >= 0.6 is 0 Å². The van der Waals surface area contributed by atoms with E-state index in [1.807, 2.05) is 13.8 Å². The van der Waals surface area contributed by atoms with Crippen LogP contribution < -0.4 is 10.6 Å². The summed E-state index contributed by atoms with van der Waals surface area (Å²) in [7, 11) is 4.52. The lowest BCUT2D eigenvalue weighted by atomic mass is 9.94. The van der Waals surface area contributed by atoms with Crippen LogP contribution in [0.5, 0.6) is 0 Å². The molecule has 0 amide bonds. The second-order valence-corrected chi connectivity index (χ2v) is 8.95. The molecule has 2 rings (SSSR count). The smallest absolute Gasteiger partial charge is 0.000755 e. The lowest BCUT2D eigenvalue weighted by Crippen LogP contribution is -2.34. The standard InChI is InChI=1S/C12H26N2.C11H24N2.C2H6.C2H4/c1-3-4-10-14(2)11-7-12-5-8-13-9-6-12;1-3-4-9-13(2)10-11-5-7-12-8-6-11;2*1-2/h12-13H,3-11H2,1-2H3;11-12H,3-10H2,1-2H3;1-2H3;1-2H2. The monoisotopic (exact) mass is 440 g/mol. The molecule has 0 saturated carbocycles. The summed E-state index contributed by atoms with van der Waals surface area (Å²) in [6.45, 7) is 24.6. The quantitative estimate of drug-likeness (QED) is 0.406. The van der Waals surface area contributed by atoms with Gasteiger partial charge in [0.15, 0.2) is 0 Å². The molecule has 0 aliphatic carbocycles. The van der Waals surface area contributed by atoms with Crippen LogP contribution in [0.2, 0.25) is 0 Å². The number of hydrogen-bond donors (Lipinski definition) is 2. The Kier molecular flexibility index (Phi) is 27.3. The van der Waals surface area contributed by atoms with Crippen LogP contribution in [0.25, 0.3) is 0 Å². The fraction of sp³-hybridized carbons (Fsp3) is 0.926. The maximum Gasteiger partial charge on any atom is 0.000755 e. The molecule has 0 spiro atoms. The van der Waals surface area contributed by atoms with E-state index in [4.69, 9.17) is 0 Å². The molecule has 2 aliphatic rings. The number of unbranched alkanes of at least 4 members (excludes halogenated alkanes) is 2. The molecule has 0 atom stereocenters. The average Bonchev–Trinajstić information content (AvgIpc) is 2.84. The van der Waals surface area contributed by atoms with Gasteiger partial charge in [-0.2, -0.15) is 0 Å². The molecular weight excluding hydrogens is 380 g/mol. The van der Waals surface area contributed by atoms with Crippen molar-refractivity contribution in [3.63, 3.8) is 0 Å². The van der Waals surface area contributed by atoms with E-state index in [2.05, 4.69) is 61.5 Å². The summed E-state index contributed by atoms with van der Waals surface area (Å²) >= 11 is 0. The van der Waals surface area contributed by atoms with Gasteiger partial charge in [0.05, 0.1) is 0 Å². The maximum absolute atomic E-state index is 3.42. The Labute approximate surface area is 197 Å². The first-order valence-corrected chi connectivity index (χ1v) is 13.4. The van der Waals surface area contributed by atoms with E-state index in [-0.39, 0.29) is 0 Å². The van der Waals surface area contributed by atoms with Gasteiger partial charge in [0.25, 0.3) is 0 Å². The number of nitrogens with zero attached hydrogens (tertiary/aromatic N) is 2. The molecule has 2 saturated heterocycles. The molecule has 0 aromatic carbocycles. The third-order valence-corrected chi connectivity index (χ3v) is 6.19. The molecule has 2 heterocycles. The first-order chi connectivity index (χ1) is 15.2. The second-order valence-electron chi connectivity index (χ2n) is 8.95. The van der Waals surface area contributed by atoms with Crippen molar-refractivity contribution in [2.24, 2.45) is 11.8 Å². The van der Waals surface area contributed by atoms with Crippen LogP contribution in [0.15, 0.2) is 13.2 Å². The summed E-state index contributed by atoms with van der Waals surface area (Å²) in [5.41, 5.74) is 0. The Morgan fingerprint density at radius 2 is 1.10 bits per heavy atom. The van der Waals surface area contributed by atoms with Crippen molar-refractivity contribution < 1.29 is 0 Å². The molecule has 2 aliphatic heterocycles. The zero-order valence-corrected chi connectivity index (χ0v) is 22.5. The minimum Gasteiger partial charge on any atom is -0.317 e. The summed E-state index contributed by atoms with van der Waals surface area (Å²) in [4.78, 5) is 4.99. The molecule has 4 heteroatoms. The van der Waals surface area contributed by atoms with Gasteiger partial charge in [-0.1, -0.05) is 40.5 Å². The first-order valence-electron chi connectivity index (χ1n) is 13.4. The SMILES string of the molecule is C=C.CC.CCCCN(C)CC1CCNCC1.CCCCN(C)CCC1CCNCC1. The third kappa shape index (κ3) is 21.2. The largest absolute Gasteiger partial charge is 0.317 e. The van der Waals surface area contributed by atoms with Crippen molar-refractivity contribution in [3.8, 4) is 0 Å². The van der Waals surface area contributed by atoms with Crippen LogP contribution in [0.3, 0.4) is 0 Å². The summed E-state index contributed by atoms with van der Waals surface area (Å²) in [5.74, 6) is 1.93. The molecule has 4 nitrogen and oxygen atoms in total. The molecule has 0 aromatic heterocycles. The predicted octanol–water partition coefficient (Wildman–Crippen LogP) is 5.65. The molecule has 0 bridgehead atoms. The van der Waals surface area contributed by atoms with E-state index in [1.54, 1.807) is 0 Å². The second kappa shape index (κ2) is 25.8. The van der Waals surface area contributed by atoms with Crippen molar-refractivity contribution in [3.05, 3.63) is 13.2 Å². The van der Waals surface area contributed by atoms with Gasteiger partial charge in [0.1, 0.15) is 0 Å². The van der Waals surface area contributed by atoms with Gasteiger partial charge in [0, 0.05) is 6.54 Å². The van der Waals surface area contributed by atoms with Gasteiger partial charge in [-0.3, -0.25) is 0 Å². The van der Waals surface area contributed by atoms with Gasteiger partial charge in [-0.15, -0.1) is 13.2 Å². The summed E-state index contributed by atoms with van der Waals surface area (Å²) < 4.78 is 0. The zero-order valence-electron chi connectivity index (χ0n) is 22.5. The fourth-order valence-electron chi connectivity index (χ4n) is 4.14. The van der Waals surface area contributed by atoms with Crippen LogP contribution in [0.4, 0.5) is 0 Å². The van der Waals surface area contributed by atoms with E-state index in [0.29, 0.717) is 0 Å². The summed E-state index contributed by atoms with van der Waals surface area (Å²) in [6, 6.07) is 0. The van der Waals surface area contributed by atoms with Crippen molar-refractivity contribution in [2.75, 3.05) is 66.5 Å². The van der Waals surface area contributed by atoms with Crippen molar-refractivity contribution in [2.45, 2.75) is 85.5 Å². The van der Waals surface area contributed by atoms with E-state index >= 15 is 0 Å². The highest BCUT2D eigenvalue weighted by Gasteiger charge is 2.14. The minimum atomic E-state index is 0.947. The number of hydrogen-bond acceptors (Lipinski definition) is 4. The van der Waals surface area contributed by atoms with Crippen molar-refractivity contribution >= 4 is 0 Å². The zero-order chi connectivity index (χ0) is 23.7. The van der Waals surface area contributed by atoms with Crippen LogP contribution in [0, 0.1) is 11.8 Å². The molecule has 188 valence electrons. The Balaban J connectivity index is 0. The summed E-state index contributed by atoms with van der Waals surface area (Å²) in [6.07, 6.45) is 12.3. The molecule has 0 radical (unpaired) electrons. The first kappa shape index (κ1) is 32.8. The Bertz CT molecular complexity index is 325. The lowest BCUT2D eigenvalue weighted by molar-refractivity contribution is 0.238. The van der Waals surface area contributed by atoms with Crippen LogP contribution in [0.1, 0.15) is 85.5 Å². The number of rotatable bonds is 11. The highest BCUT2D eigenvalue weighted by atomic mass is 15.1. The molecular formula is C27H60N4. The van der Waals surface area contributed by atoms with Gasteiger partial charge < -0.3 is 20.4 Å².